The first-order valence-electron chi connectivity index (χ1n) is 10.0. The van der Waals surface area contributed by atoms with Gasteiger partial charge in [0.15, 0.2) is 0 Å². The summed E-state index contributed by atoms with van der Waals surface area (Å²) in [5, 5.41) is 8.01. The van der Waals surface area contributed by atoms with Gasteiger partial charge in [0.2, 0.25) is 5.91 Å². The van der Waals surface area contributed by atoms with Crippen molar-refractivity contribution in [3.63, 3.8) is 0 Å². The zero-order valence-corrected chi connectivity index (χ0v) is 17.3. The number of carbonyl (C=O) groups is 2. The van der Waals surface area contributed by atoms with E-state index in [9.17, 15) is 9.59 Å². The van der Waals surface area contributed by atoms with Gasteiger partial charge in [-0.25, -0.2) is 4.68 Å². The number of benzene rings is 2. The average Bonchev–Trinajstić information content (AvgIpc) is 3.27. The Balaban J connectivity index is 1.33. The van der Waals surface area contributed by atoms with Crippen LogP contribution >= 0.6 is 11.6 Å². The number of halogens is 1. The van der Waals surface area contributed by atoms with Crippen molar-refractivity contribution < 1.29 is 9.59 Å². The number of rotatable bonds is 5. The largest absolute Gasteiger partial charge is 0.352 e. The summed E-state index contributed by atoms with van der Waals surface area (Å²) in [4.78, 5) is 27.2. The van der Waals surface area contributed by atoms with Gasteiger partial charge in [0.25, 0.3) is 5.91 Å². The summed E-state index contributed by atoms with van der Waals surface area (Å²) in [6.07, 6.45) is 5.23. The van der Waals surface area contributed by atoms with Crippen LogP contribution in [-0.4, -0.2) is 39.6 Å². The lowest BCUT2D eigenvalue weighted by molar-refractivity contribution is -0.126. The Labute approximate surface area is 180 Å². The average molecular weight is 423 g/mol. The second kappa shape index (κ2) is 9.13. The molecule has 2 aromatic carbocycles. The predicted octanol–water partition coefficient (Wildman–Crippen LogP) is 3.69. The summed E-state index contributed by atoms with van der Waals surface area (Å²) >= 11 is 5.93. The lowest BCUT2D eigenvalue weighted by Crippen LogP contribution is -2.45. The van der Waals surface area contributed by atoms with Gasteiger partial charge in [-0.1, -0.05) is 29.8 Å². The minimum Gasteiger partial charge on any atom is -0.352 e. The van der Waals surface area contributed by atoms with E-state index < -0.39 is 0 Å². The Kier molecular flexibility index (Phi) is 6.14. The van der Waals surface area contributed by atoms with Crippen molar-refractivity contribution in [3.8, 4) is 5.69 Å². The van der Waals surface area contributed by atoms with Crippen LogP contribution in [0.25, 0.3) is 5.69 Å². The minimum absolute atomic E-state index is 0.0164. The van der Waals surface area contributed by atoms with Gasteiger partial charge in [0.1, 0.15) is 0 Å². The molecule has 1 fully saturated rings. The number of hydrogen-bond donors (Lipinski definition) is 1. The fourth-order valence-corrected chi connectivity index (χ4v) is 3.78. The molecule has 6 nitrogen and oxygen atoms in total. The molecular formula is C23H23ClN4O2. The third-order valence-corrected chi connectivity index (χ3v) is 5.55. The summed E-state index contributed by atoms with van der Waals surface area (Å²) in [5.74, 6) is -0.241. The molecule has 0 saturated carbocycles. The van der Waals surface area contributed by atoms with Crippen LogP contribution in [0.2, 0.25) is 5.02 Å². The molecule has 0 spiro atoms. The molecule has 0 aliphatic carbocycles. The van der Waals surface area contributed by atoms with Crippen molar-refractivity contribution in [1.29, 1.82) is 0 Å². The number of piperidine rings is 1. The molecule has 154 valence electrons. The van der Waals surface area contributed by atoms with Crippen LogP contribution in [0.4, 0.5) is 0 Å². The molecule has 3 aromatic rings. The first kappa shape index (κ1) is 20.2. The maximum atomic E-state index is 12.7. The molecule has 1 N–H and O–H groups in total. The Bertz CT molecular complexity index is 1020. The molecule has 0 bridgehead atoms. The van der Waals surface area contributed by atoms with Crippen molar-refractivity contribution in [1.82, 2.24) is 20.0 Å². The fourth-order valence-electron chi connectivity index (χ4n) is 3.66. The molecule has 1 aliphatic rings. The highest BCUT2D eigenvalue weighted by Crippen LogP contribution is 2.19. The molecule has 1 atom stereocenters. The molecule has 1 aromatic heterocycles. The van der Waals surface area contributed by atoms with Crippen LogP contribution in [0.5, 0.6) is 0 Å². The summed E-state index contributed by atoms with van der Waals surface area (Å²) in [6.45, 7) is 1.53. The van der Waals surface area contributed by atoms with Crippen LogP contribution in [0.15, 0.2) is 67.0 Å². The minimum atomic E-state index is -0.197. The Morgan fingerprint density at radius 1 is 1.10 bits per heavy atom. The van der Waals surface area contributed by atoms with Gasteiger partial charge in [0.05, 0.1) is 17.8 Å². The van der Waals surface area contributed by atoms with E-state index in [1.165, 1.54) is 0 Å². The predicted molar refractivity (Wildman–Crippen MR) is 115 cm³/mol. The molecule has 1 aliphatic heterocycles. The maximum Gasteiger partial charge on any atom is 0.253 e. The summed E-state index contributed by atoms with van der Waals surface area (Å²) in [7, 11) is 0. The number of likely N-dealkylation sites (tertiary alicyclic amines) is 1. The Morgan fingerprint density at radius 3 is 2.63 bits per heavy atom. The van der Waals surface area contributed by atoms with Crippen molar-refractivity contribution in [2.24, 2.45) is 5.92 Å². The van der Waals surface area contributed by atoms with Gasteiger partial charge in [-0.15, -0.1) is 0 Å². The quantitative estimate of drug-likeness (QED) is 0.681. The molecule has 1 saturated heterocycles. The summed E-state index contributed by atoms with van der Waals surface area (Å²) < 4.78 is 1.75. The zero-order chi connectivity index (χ0) is 20.9. The lowest BCUT2D eigenvalue weighted by atomic mass is 9.96. The van der Waals surface area contributed by atoms with E-state index in [1.807, 2.05) is 60.8 Å². The number of hydrogen-bond acceptors (Lipinski definition) is 3. The number of nitrogens with zero attached hydrogens (tertiary/aromatic N) is 3. The van der Waals surface area contributed by atoms with Gasteiger partial charge < -0.3 is 10.2 Å². The van der Waals surface area contributed by atoms with E-state index in [0.717, 1.165) is 24.1 Å². The zero-order valence-electron chi connectivity index (χ0n) is 16.5. The molecule has 7 heteroatoms. The Hall–Kier alpha value is -3.12. The van der Waals surface area contributed by atoms with Crippen LogP contribution in [0.1, 0.15) is 28.8 Å². The van der Waals surface area contributed by atoms with Crippen molar-refractivity contribution in [2.45, 2.75) is 19.4 Å². The van der Waals surface area contributed by atoms with Crippen molar-refractivity contribution >= 4 is 23.4 Å². The summed E-state index contributed by atoms with van der Waals surface area (Å²) in [6, 6.07) is 16.6. The maximum absolute atomic E-state index is 12.7. The number of nitrogens with one attached hydrogen (secondary N) is 1. The third kappa shape index (κ3) is 4.71. The van der Waals surface area contributed by atoms with Gasteiger partial charge in [-0.2, -0.15) is 5.10 Å². The van der Waals surface area contributed by atoms with Crippen LogP contribution in [0.3, 0.4) is 0 Å². The molecule has 30 heavy (non-hydrogen) atoms. The van der Waals surface area contributed by atoms with Crippen molar-refractivity contribution in [2.75, 3.05) is 13.1 Å². The SMILES string of the molecule is O=C(NCc1cnn(-c2ccc(Cl)cc2)c1)C1CCCN(C(=O)c2ccccc2)C1. The van der Waals surface area contributed by atoms with E-state index in [0.29, 0.717) is 30.2 Å². The first-order chi connectivity index (χ1) is 14.6. The van der Waals surface area contributed by atoms with Gasteiger partial charge in [-0.05, 0) is 49.2 Å². The number of amides is 2. The highest BCUT2D eigenvalue weighted by atomic mass is 35.5. The van der Waals surface area contributed by atoms with Crippen molar-refractivity contribution in [3.05, 3.63) is 83.1 Å². The van der Waals surface area contributed by atoms with E-state index in [-0.39, 0.29) is 17.7 Å². The molecule has 0 radical (unpaired) electrons. The van der Waals surface area contributed by atoms with E-state index >= 15 is 0 Å². The van der Waals surface area contributed by atoms with Crippen LogP contribution in [0, 0.1) is 5.92 Å². The van der Waals surface area contributed by atoms with Gasteiger partial charge in [0, 0.05) is 42.0 Å². The second-order valence-corrected chi connectivity index (χ2v) is 7.88. The molecule has 2 heterocycles. The molecular weight excluding hydrogens is 400 g/mol. The van der Waals surface area contributed by atoms with E-state index in [2.05, 4.69) is 10.4 Å². The fraction of sp³-hybridized carbons (Fsp3) is 0.261. The molecule has 4 rings (SSSR count). The molecule has 2 amide bonds. The monoisotopic (exact) mass is 422 g/mol. The third-order valence-electron chi connectivity index (χ3n) is 5.29. The van der Waals surface area contributed by atoms with E-state index in [4.69, 9.17) is 11.6 Å². The normalized spacial score (nSPS) is 16.3. The topological polar surface area (TPSA) is 67.2 Å². The molecule has 1 unspecified atom stereocenters. The van der Waals surface area contributed by atoms with Crippen LogP contribution in [-0.2, 0) is 11.3 Å². The highest BCUT2D eigenvalue weighted by molar-refractivity contribution is 6.30. The number of aromatic nitrogens is 2. The number of carbonyl (C=O) groups excluding carboxylic acids is 2. The second-order valence-electron chi connectivity index (χ2n) is 7.44. The van der Waals surface area contributed by atoms with Crippen LogP contribution < -0.4 is 5.32 Å². The smallest absolute Gasteiger partial charge is 0.253 e. The standard InChI is InChI=1S/C23H23ClN4O2/c24-20-8-10-21(11-9-20)28-15-17(14-26-28)13-25-22(29)19-7-4-12-27(16-19)23(30)18-5-2-1-3-6-18/h1-3,5-6,8-11,14-15,19H,4,7,12-13,16H2,(H,25,29). The highest BCUT2D eigenvalue weighted by Gasteiger charge is 2.28. The summed E-state index contributed by atoms with van der Waals surface area (Å²) in [5.41, 5.74) is 2.47. The first-order valence-corrected chi connectivity index (χ1v) is 10.4. The van der Waals surface area contributed by atoms with Gasteiger partial charge in [-0.3, -0.25) is 9.59 Å². The Morgan fingerprint density at radius 2 is 1.87 bits per heavy atom. The van der Waals surface area contributed by atoms with Gasteiger partial charge >= 0.3 is 0 Å². The van der Waals surface area contributed by atoms with E-state index in [1.54, 1.807) is 15.8 Å². The lowest BCUT2D eigenvalue weighted by Gasteiger charge is -2.32.